The number of carbonyl (C=O) groups is 2. The van der Waals surface area contributed by atoms with Crippen LogP contribution >= 0.6 is 11.3 Å². The van der Waals surface area contributed by atoms with E-state index in [0.29, 0.717) is 28.0 Å². The molecule has 24 heavy (non-hydrogen) atoms. The quantitative estimate of drug-likeness (QED) is 0.845. The minimum Gasteiger partial charge on any atom is -0.480 e. The maximum Gasteiger partial charge on any atom is 0.323 e. The second-order valence-electron chi connectivity index (χ2n) is 5.76. The van der Waals surface area contributed by atoms with Crippen LogP contribution in [-0.2, 0) is 27.3 Å². The van der Waals surface area contributed by atoms with Gasteiger partial charge in [-0.05, 0) is 38.7 Å². The van der Waals surface area contributed by atoms with Crippen LogP contribution in [0.3, 0.4) is 0 Å². The van der Waals surface area contributed by atoms with Crippen LogP contribution in [0.25, 0.3) is 10.2 Å². The first-order valence-corrected chi connectivity index (χ1v) is 8.66. The SMILES string of the molecule is CCOC(=O)C1CCCc2sc3nc(C)n(CC(=O)O)c(=O)c3c21. The van der Waals surface area contributed by atoms with Gasteiger partial charge in [0, 0.05) is 4.88 Å². The molecule has 0 saturated heterocycles. The van der Waals surface area contributed by atoms with E-state index in [1.54, 1.807) is 13.8 Å². The molecular weight excluding hydrogens is 332 g/mol. The number of aliphatic carboxylic acids is 1. The van der Waals surface area contributed by atoms with Crippen molar-refractivity contribution >= 4 is 33.5 Å². The van der Waals surface area contributed by atoms with Crippen LogP contribution in [-0.4, -0.2) is 33.2 Å². The van der Waals surface area contributed by atoms with Crippen LogP contribution in [0.2, 0.25) is 0 Å². The van der Waals surface area contributed by atoms with Crippen LogP contribution in [0.5, 0.6) is 0 Å². The molecule has 2 aromatic rings. The Bertz CT molecular complexity index is 883. The third kappa shape index (κ3) is 2.71. The Morgan fingerprint density at radius 2 is 2.21 bits per heavy atom. The van der Waals surface area contributed by atoms with E-state index in [1.807, 2.05) is 0 Å². The van der Waals surface area contributed by atoms with Crippen molar-refractivity contribution in [3.05, 3.63) is 26.6 Å². The zero-order chi connectivity index (χ0) is 17.4. The fourth-order valence-corrected chi connectivity index (χ4v) is 4.53. The molecule has 2 heterocycles. The zero-order valence-corrected chi connectivity index (χ0v) is 14.3. The summed E-state index contributed by atoms with van der Waals surface area (Å²) in [6.45, 7) is 3.21. The predicted molar refractivity (Wildman–Crippen MR) is 88.6 cm³/mol. The summed E-state index contributed by atoms with van der Waals surface area (Å²) in [5, 5.41) is 9.40. The van der Waals surface area contributed by atoms with Gasteiger partial charge in [-0.25, -0.2) is 4.98 Å². The van der Waals surface area contributed by atoms with E-state index in [1.165, 1.54) is 11.3 Å². The Morgan fingerprint density at radius 3 is 2.88 bits per heavy atom. The number of rotatable bonds is 4. The third-order valence-corrected chi connectivity index (χ3v) is 5.39. The summed E-state index contributed by atoms with van der Waals surface area (Å²) in [6, 6.07) is 0. The number of aryl methyl sites for hydroxylation is 2. The van der Waals surface area contributed by atoms with Gasteiger partial charge in [0.15, 0.2) is 0 Å². The molecule has 0 spiro atoms. The molecule has 3 rings (SSSR count). The van der Waals surface area contributed by atoms with Gasteiger partial charge >= 0.3 is 11.9 Å². The number of carbonyl (C=O) groups excluding carboxylic acids is 1. The second-order valence-corrected chi connectivity index (χ2v) is 6.84. The lowest BCUT2D eigenvalue weighted by Crippen LogP contribution is -2.28. The molecule has 0 amide bonds. The van der Waals surface area contributed by atoms with Crippen molar-refractivity contribution in [3.63, 3.8) is 0 Å². The molecule has 1 unspecified atom stereocenters. The Hall–Kier alpha value is -2.22. The Balaban J connectivity index is 2.24. The molecule has 1 aliphatic carbocycles. The van der Waals surface area contributed by atoms with Gasteiger partial charge in [-0.15, -0.1) is 11.3 Å². The largest absolute Gasteiger partial charge is 0.480 e. The number of nitrogens with zero attached hydrogens (tertiary/aromatic N) is 2. The molecule has 1 atom stereocenters. The number of fused-ring (bicyclic) bond motifs is 3. The fraction of sp³-hybridized carbons (Fsp3) is 0.500. The van der Waals surface area contributed by atoms with Crippen molar-refractivity contribution < 1.29 is 19.4 Å². The summed E-state index contributed by atoms with van der Waals surface area (Å²) in [4.78, 5) is 42.1. The summed E-state index contributed by atoms with van der Waals surface area (Å²) in [5.74, 6) is -1.55. The molecule has 7 nitrogen and oxygen atoms in total. The minimum absolute atomic E-state index is 0.285. The maximum absolute atomic E-state index is 12.9. The van der Waals surface area contributed by atoms with Crippen molar-refractivity contribution in [1.82, 2.24) is 9.55 Å². The first-order valence-electron chi connectivity index (χ1n) is 7.85. The predicted octanol–water partition coefficient (Wildman–Crippen LogP) is 1.83. The number of thiophene rings is 1. The summed E-state index contributed by atoms with van der Waals surface area (Å²) in [7, 11) is 0. The van der Waals surface area contributed by atoms with E-state index in [4.69, 9.17) is 9.84 Å². The van der Waals surface area contributed by atoms with E-state index in [0.717, 1.165) is 22.3 Å². The maximum atomic E-state index is 12.9. The van der Waals surface area contributed by atoms with Crippen molar-refractivity contribution in [1.29, 1.82) is 0 Å². The van der Waals surface area contributed by atoms with Crippen molar-refractivity contribution in [2.45, 2.75) is 45.6 Å². The number of carboxylic acid groups (broad SMARTS) is 1. The zero-order valence-electron chi connectivity index (χ0n) is 13.5. The van der Waals surface area contributed by atoms with Gasteiger partial charge in [0.05, 0.1) is 17.9 Å². The van der Waals surface area contributed by atoms with E-state index in [2.05, 4.69) is 4.98 Å². The van der Waals surface area contributed by atoms with Crippen molar-refractivity contribution in [2.75, 3.05) is 6.61 Å². The summed E-state index contributed by atoms with van der Waals surface area (Å²) in [5.41, 5.74) is 0.296. The van der Waals surface area contributed by atoms with E-state index < -0.39 is 24.0 Å². The van der Waals surface area contributed by atoms with Crippen LogP contribution < -0.4 is 5.56 Å². The standard InChI is InChI=1S/C16H18N2O5S/c1-3-23-16(22)9-5-4-6-10-12(9)13-14(24-10)17-8(2)18(15(13)21)7-11(19)20/h9H,3-7H2,1-2H3,(H,19,20). The van der Waals surface area contributed by atoms with Crippen LogP contribution in [0.4, 0.5) is 0 Å². The highest BCUT2D eigenvalue weighted by Gasteiger charge is 2.33. The van der Waals surface area contributed by atoms with E-state index in [-0.39, 0.29) is 12.6 Å². The molecule has 0 bridgehead atoms. The van der Waals surface area contributed by atoms with Gasteiger partial charge in [-0.2, -0.15) is 0 Å². The highest BCUT2D eigenvalue weighted by molar-refractivity contribution is 7.18. The van der Waals surface area contributed by atoms with Gasteiger partial charge in [-0.3, -0.25) is 19.0 Å². The smallest absolute Gasteiger partial charge is 0.323 e. The number of hydrogen-bond acceptors (Lipinski definition) is 6. The van der Waals surface area contributed by atoms with Crippen LogP contribution in [0.15, 0.2) is 4.79 Å². The first-order chi connectivity index (χ1) is 11.4. The van der Waals surface area contributed by atoms with E-state index in [9.17, 15) is 14.4 Å². The highest BCUT2D eigenvalue weighted by atomic mass is 32.1. The number of esters is 1. The summed E-state index contributed by atoms with van der Waals surface area (Å²) >= 11 is 1.42. The van der Waals surface area contributed by atoms with Crippen molar-refractivity contribution in [2.24, 2.45) is 0 Å². The van der Waals surface area contributed by atoms with Crippen molar-refractivity contribution in [3.8, 4) is 0 Å². The molecule has 0 aliphatic heterocycles. The molecule has 0 radical (unpaired) electrons. The molecule has 128 valence electrons. The highest BCUT2D eigenvalue weighted by Crippen LogP contribution is 2.41. The molecule has 8 heteroatoms. The fourth-order valence-electron chi connectivity index (χ4n) is 3.22. The normalized spacial score (nSPS) is 16.8. The lowest BCUT2D eigenvalue weighted by molar-refractivity contribution is -0.145. The number of aromatic nitrogens is 2. The van der Waals surface area contributed by atoms with E-state index >= 15 is 0 Å². The third-order valence-electron chi connectivity index (χ3n) is 4.23. The lowest BCUT2D eigenvalue weighted by Gasteiger charge is -2.21. The summed E-state index contributed by atoms with van der Waals surface area (Å²) < 4.78 is 6.30. The molecule has 2 aromatic heterocycles. The summed E-state index contributed by atoms with van der Waals surface area (Å²) in [6.07, 6.45) is 2.28. The minimum atomic E-state index is -1.10. The molecular formula is C16H18N2O5S. The number of hydrogen-bond donors (Lipinski definition) is 1. The average Bonchev–Trinajstić information content (AvgIpc) is 2.89. The van der Waals surface area contributed by atoms with Crippen LogP contribution in [0, 0.1) is 6.92 Å². The van der Waals surface area contributed by atoms with Gasteiger partial charge < -0.3 is 9.84 Å². The number of ether oxygens (including phenoxy) is 1. The first kappa shape index (κ1) is 16.6. The van der Waals surface area contributed by atoms with Gasteiger partial charge in [0.1, 0.15) is 17.2 Å². The topological polar surface area (TPSA) is 98.5 Å². The molecule has 0 saturated carbocycles. The monoisotopic (exact) mass is 350 g/mol. The molecule has 1 N–H and O–H groups in total. The van der Waals surface area contributed by atoms with Gasteiger partial charge in [-0.1, -0.05) is 0 Å². The lowest BCUT2D eigenvalue weighted by atomic mass is 9.86. The molecule has 0 fully saturated rings. The molecule has 0 aromatic carbocycles. The Labute approximate surface area is 141 Å². The Kier molecular flexibility index (Phi) is 4.40. The van der Waals surface area contributed by atoms with Crippen LogP contribution in [0.1, 0.15) is 41.9 Å². The Morgan fingerprint density at radius 1 is 1.46 bits per heavy atom. The van der Waals surface area contributed by atoms with Gasteiger partial charge in [0.2, 0.25) is 0 Å². The number of carboxylic acids is 1. The molecule has 1 aliphatic rings. The average molecular weight is 350 g/mol. The second kappa shape index (κ2) is 6.35. The van der Waals surface area contributed by atoms with Gasteiger partial charge in [0.25, 0.3) is 5.56 Å².